The molecule has 0 unspecified atom stereocenters. The normalized spacial score (nSPS) is 10.8. The average Bonchev–Trinajstić information content (AvgIpc) is 2.54. The Balaban J connectivity index is 2.34. The molecule has 1 heterocycles. The lowest BCUT2D eigenvalue weighted by atomic mass is 10.1. The van der Waals surface area contributed by atoms with Crippen LogP contribution in [-0.4, -0.2) is 34.1 Å². The zero-order valence-electron chi connectivity index (χ0n) is 14.0. The number of carbonyl (C=O) groups is 2. The summed E-state index contributed by atoms with van der Waals surface area (Å²) in [6.07, 6.45) is 1.38. The SMILES string of the molecule is COCc1cc(NC(=O)c2nc(C(C)C)ncc2Cl)cc(C(=O)O)c1. The van der Waals surface area contributed by atoms with Gasteiger partial charge in [0, 0.05) is 18.7 Å². The number of methoxy groups -OCH3 is 1. The Morgan fingerprint density at radius 2 is 2.04 bits per heavy atom. The van der Waals surface area contributed by atoms with Gasteiger partial charge in [-0.3, -0.25) is 4.79 Å². The first-order valence-electron chi connectivity index (χ1n) is 7.51. The van der Waals surface area contributed by atoms with Crippen molar-refractivity contribution >= 4 is 29.2 Å². The third kappa shape index (κ3) is 4.74. The molecule has 2 aromatic rings. The third-order valence-electron chi connectivity index (χ3n) is 3.30. The van der Waals surface area contributed by atoms with Crippen molar-refractivity contribution in [1.29, 1.82) is 0 Å². The molecule has 2 N–H and O–H groups in total. The molecule has 0 atom stereocenters. The standard InChI is InChI=1S/C17H18ClN3O4/c1-9(2)15-19-7-13(18)14(21-15)16(22)20-12-5-10(8-25-3)4-11(6-12)17(23)24/h4-7,9H,8H2,1-3H3,(H,20,22)(H,23,24). The van der Waals surface area contributed by atoms with E-state index in [9.17, 15) is 14.7 Å². The molecule has 2 rings (SSSR count). The molecule has 0 aliphatic carbocycles. The van der Waals surface area contributed by atoms with Crippen molar-refractivity contribution in [3.8, 4) is 0 Å². The van der Waals surface area contributed by atoms with E-state index in [0.29, 0.717) is 17.1 Å². The quantitative estimate of drug-likeness (QED) is 0.816. The fourth-order valence-corrected chi connectivity index (χ4v) is 2.32. The molecule has 25 heavy (non-hydrogen) atoms. The number of hydrogen-bond donors (Lipinski definition) is 2. The second-order valence-electron chi connectivity index (χ2n) is 5.69. The van der Waals surface area contributed by atoms with Crippen molar-refractivity contribution in [2.24, 2.45) is 0 Å². The number of aromatic carboxylic acids is 1. The summed E-state index contributed by atoms with van der Waals surface area (Å²) < 4.78 is 5.02. The molecule has 0 saturated heterocycles. The minimum absolute atomic E-state index is 0.0347. The molecule has 0 spiro atoms. The van der Waals surface area contributed by atoms with E-state index < -0.39 is 11.9 Å². The maximum atomic E-state index is 12.5. The van der Waals surface area contributed by atoms with E-state index in [-0.39, 0.29) is 28.8 Å². The summed E-state index contributed by atoms with van der Waals surface area (Å²) in [5.74, 6) is -1.11. The van der Waals surface area contributed by atoms with Crippen LogP contribution >= 0.6 is 11.6 Å². The van der Waals surface area contributed by atoms with Gasteiger partial charge >= 0.3 is 5.97 Å². The van der Waals surface area contributed by atoms with Crippen LogP contribution in [0.3, 0.4) is 0 Å². The molecule has 0 radical (unpaired) electrons. The number of anilines is 1. The molecule has 1 aromatic heterocycles. The molecule has 0 fully saturated rings. The highest BCUT2D eigenvalue weighted by Crippen LogP contribution is 2.20. The molecule has 132 valence electrons. The molecular formula is C17H18ClN3O4. The predicted octanol–water partition coefficient (Wildman–Crippen LogP) is 3.35. The van der Waals surface area contributed by atoms with Crippen LogP contribution in [0.4, 0.5) is 5.69 Å². The van der Waals surface area contributed by atoms with Crippen LogP contribution in [-0.2, 0) is 11.3 Å². The zero-order chi connectivity index (χ0) is 18.6. The van der Waals surface area contributed by atoms with E-state index in [4.69, 9.17) is 16.3 Å². The van der Waals surface area contributed by atoms with Gasteiger partial charge in [0.25, 0.3) is 5.91 Å². The van der Waals surface area contributed by atoms with Crippen molar-refractivity contribution in [2.75, 3.05) is 12.4 Å². The monoisotopic (exact) mass is 363 g/mol. The van der Waals surface area contributed by atoms with E-state index >= 15 is 0 Å². The number of nitrogens with zero attached hydrogens (tertiary/aromatic N) is 2. The van der Waals surface area contributed by atoms with Crippen molar-refractivity contribution in [3.63, 3.8) is 0 Å². The maximum Gasteiger partial charge on any atom is 0.335 e. The predicted molar refractivity (Wildman–Crippen MR) is 93.2 cm³/mol. The smallest absolute Gasteiger partial charge is 0.335 e. The Labute approximate surface area is 150 Å². The van der Waals surface area contributed by atoms with Crippen LogP contribution in [0.5, 0.6) is 0 Å². The first-order chi connectivity index (χ1) is 11.8. The molecule has 0 aliphatic heterocycles. The number of ether oxygens (including phenoxy) is 1. The zero-order valence-corrected chi connectivity index (χ0v) is 14.8. The number of carboxylic acid groups (broad SMARTS) is 1. The Morgan fingerprint density at radius 3 is 2.64 bits per heavy atom. The minimum atomic E-state index is -1.10. The number of nitrogens with one attached hydrogen (secondary N) is 1. The van der Waals surface area contributed by atoms with E-state index in [1.807, 2.05) is 13.8 Å². The van der Waals surface area contributed by atoms with Crippen molar-refractivity contribution in [2.45, 2.75) is 26.4 Å². The lowest BCUT2D eigenvalue weighted by Crippen LogP contribution is -2.17. The number of rotatable bonds is 6. The van der Waals surface area contributed by atoms with Gasteiger partial charge in [0.15, 0.2) is 5.69 Å². The molecule has 8 heteroatoms. The Bertz CT molecular complexity index is 808. The summed E-state index contributed by atoms with van der Waals surface area (Å²) in [6.45, 7) is 4.02. The number of hydrogen-bond acceptors (Lipinski definition) is 5. The summed E-state index contributed by atoms with van der Waals surface area (Å²) in [5, 5.41) is 11.9. The lowest BCUT2D eigenvalue weighted by Gasteiger charge is -2.11. The highest BCUT2D eigenvalue weighted by atomic mass is 35.5. The number of carbonyl (C=O) groups excluding carboxylic acids is 1. The number of amides is 1. The first kappa shape index (κ1) is 18.8. The van der Waals surface area contributed by atoms with Crippen LogP contribution in [0.2, 0.25) is 5.02 Å². The number of aromatic nitrogens is 2. The van der Waals surface area contributed by atoms with Gasteiger partial charge < -0.3 is 15.2 Å². The largest absolute Gasteiger partial charge is 0.478 e. The third-order valence-corrected chi connectivity index (χ3v) is 3.58. The summed E-state index contributed by atoms with van der Waals surface area (Å²) in [7, 11) is 1.50. The average molecular weight is 364 g/mol. The molecule has 1 aromatic carbocycles. The fraction of sp³-hybridized carbons (Fsp3) is 0.294. The van der Waals surface area contributed by atoms with Crippen molar-refractivity contribution in [1.82, 2.24) is 9.97 Å². The second kappa shape index (κ2) is 8.04. The van der Waals surface area contributed by atoms with Crippen molar-refractivity contribution in [3.05, 3.63) is 52.1 Å². The molecule has 0 saturated carbocycles. The van der Waals surface area contributed by atoms with Crippen LogP contribution in [0, 0.1) is 0 Å². The molecular weight excluding hydrogens is 346 g/mol. The minimum Gasteiger partial charge on any atom is -0.478 e. The number of carboxylic acids is 1. The Morgan fingerprint density at radius 1 is 1.32 bits per heavy atom. The van der Waals surface area contributed by atoms with Gasteiger partial charge in [-0.15, -0.1) is 0 Å². The summed E-state index contributed by atoms with van der Waals surface area (Å²) >= 11 is 6.02. The second-order valence-corrected chi connectivity index (χ2v) is 6.10. The first-order valence-corrected chi connectivity index (χ1v) is 7.89. The number of halogens is 1. The van der Waals surface area contributed by atoms with Crippen LogP contribution < -0.4 is 5.32 Å². The molecule has 0 bridgehead atoms. The van der Waals surface area contributed by atoms with E-state index in [1.54, 1.807) is 6.07 Å². The van der Waals surface area contributed by atoms with Crippen LogP contribution in [0.25, 0.3) is 0 Å². The van der Waals surface area contributed by atoms with Gasteiger partial charge in [-0.2, -0.15) is 0 Å². The van der Waals surface area contributed by atoms with Gasteiger partial charge in [-0.25, -0.2) is 14.8 Å². The summed E-state index contributed by atoms with van der Waals surface area (Å²) in [4.78, 5) is 32.0. The highest BCUT2D eigenvalue weighted by Gasteiger charge is 2.17. The topological polar surface area (TPSA) is 101 Å². The van der Waals surface area contributed by atoms with Gasteiger partial charge in [0.2, 0.25) is 0 Å². The summed E-state index contributed by atoms with van der Waals surface area (Å²) in [5.41, 5.74) is 1.02. The van der Waals surface area contributed by atoms with Gasteiger partial charge in [-0.05, 0) is 23.8 Å². The lowest BCUT2D eigenvalue weighted by molar-refractivity contribution is 0.0696. The molecule has 1 amide bonds. The van der Waals surface area contributed by atoms with Gasteiger partial charge in [0.1, 0.15) is 5.82 Å². The van der Waals surface area contributed by atoms with E-state index in [0.717, 1.165) is 0 Å². The van der Waals surface area contributed by atoms with Crippen LogP contribution in [0.1, 0.15) is 52.0 Å². The highest BCUT2D eigenvalue weighted by molar-refractivity contribution is 6.33. The van der Waals surface area contributed by atoms with Crippen molar-refractivity contribution < 1.29 is 19.4 Å². The summed E-state index contributed by atoms with van der Waals surface area (Å²) in [6, 6.07) is 4.47. The fourth-order valence-electron chi connectivity index (χ4n) is 2.15. The Hall–Kier alpha value is -2.51. The van der Waals surface area contributed by atoms with E-state index in [1.165, 1.54) is 25.4 Å². The van der Waals surface area contributed by atoms with E-state index in [2.05, 4.69) is 15.3 Å². The Kier molecular flexibility index (Phi) is 6.06. The van der Waals surface area contributed by atoms with Gasteiger partial charge in [0.05, 0.1) is 23.4 Å². The van der Waals surface area contributed by atoms with Gasteiger partial charge in [-0.1, -0.05) is 25.4 Å². The molecule has 0 aliphatic rings. The molecule has 7 nitrogen and oxygen atoms in total. The maximum absolute atomic E-state index is 12.5. The van der Waals surface area contributed by atoms with Crippen LogP contribution in [0.15, 0.2) is 24.4 Å². The number of benzene rings is 1.